The van der Waals surface area contributed by atoms with Crippen LogP contribution in [0.15, 0.2) is 42.7 Å². The monoisotopic (exact) mass is 441 g/mol. The third kappa shape index (κ3) is 6.23. The zero-order valence-corrected chi connectivity index (χ0v) is 18.6. The molecule has 0 spiro atoms. The molecule has 3 rings (SSSR count). The van der Waals surface area contributed by atoms with Gasteiger partial charge in [0.05, 0.1) is 6.61 Å². The molecule has 2 heterocycles. The molecule has 29 heavy (non-hydrogen) atoms. The Morgan fingerprint density at radius 1 is 1.21 bits per heavy atom. The first-order valence-electron chi connectivity index (χ1n) is 9.43. The first-order valence-corrected chi connectivity index (χ1v) is 9.43. The largest absolute Gasteiger partial charge is 0.490 e. The Morgan fingerprint density at radius 3 is 2.69 bits per heavy atom. The van der Waals surface area contributed by atoms with Gasteiger partial charge in [0.15, 0.2) is 11.5 Å². The number of nitrogens with zero attached hydrogens (tertiary/aromatic N) is 2. The minimum Gasteiger partial charge on any atom is -0.490 e. The fourth-order valence-electron chi connectivity index (χ4n) is 3.18. The maximum Gasteiger partial charge on any atom is 0.254 e. The highest BCUT2D eigenvalue weighted by molar-refractivity contribution is 5.95. The number of hydrogen-bond acceptors (Lipinski definition) is 5. The number of carbonyl (C=O) groups is 1. The standard InChI is InChI=1S/C21H27N3O3.2ClH/c1-4-26-20-12-18(21(25)24-11-10-23-15(2)16(24)3)7-8-19(20)27-14-17-6-5-9-22-13-17;;/h5-9,12-13,15-16,23H,4,10-11,14H2,1-3H3;2*1H. The zero-order valence-electron chi connectivity index (χ0n) is 17.0. The summed E-state index contributed by atoms with van der Waals surface area (Å²) in [6, 6.07) is 9.65. The van der Waals surface area contributed by atoms with Crippen LogP contribution in [-0.4, -0.2) is 47.6 Å². The Hall–Kier alpha value is -2.02. The SMILES string of the molecule is CCOc1cc(C(=O)N2CCNC(C)C2C)ccc1OCc1cccnc1.Cl.Cl. The molecule has 1 aliphatic rings. The molecule has 1 aromatic heterocycles. The maximum atomic E-state index is 13.0. The summed E-state index contributed by atoms with van der Waals surface area (Å²) in [5.74, 6) is 1.23. The van der Waals surface area contributed by atoms with Crippen LogP contribution in [0.1, 0.15) is 36.7 Å². The predicted molar refractivity (Wildman–Crippen MR) is 119 cm³/mol. The molecule has 0 radical (unpaired) electrons. The van der Waals surface area contributed by atoms with Gasteiger partial charge in [-0.1, -0.05) is 6.07 Å². The number of piperazine rings is 1. The van der Waals surface area contributed by atoms with Crippen LogP contribution < -0.4 is 14.8 Å². The summed E-state index contributed by atoms with van der Waals surface area (Å²) in [4.78, 5) is 19.0. The van der Waals surface area contributed by atoms with Crippen molar-refractivity contribution in [3.63, 3.8) is 0 Å². The average Bonchev–Trinajstić information content (AvgIpc) is 2.69. The summed E-state index contributed by atoms with van der Waals surface area (Å²) in [5, 5.41) is 3.40. The Balaban J connectivity index is 0.00000210. The molecule has 2 atom stereocenters. The first kappa shape index (κ1) is 25.0. The van der Waals surface area contributed by atoms with E-state index >= 15 is 0 Å². The third-order valence-electron chi connectivity index (χ3n) is 4.90. The van der Waals surface area contributed by atoms with Gasteiger partial charge in [-0.15, -0.1) is 24.8 Å². The van der Waals surface area contributed by atoms with E-state index in [2.05, 4.69) is 24.1 Å². The number of amides is 1. The second-order valence-electron chi connectivity index (χ2n) is 6.73. The van der Waals surface area contributed by atoms with E-state index in [1.165, 1.54) is 0 Å². The number of benzene rings is 1. The van der Waals surface area contributed by atoms with Crippen molar-refractivity contribution < 1.29 is 14.3 Å². The Kier molecular flexibility index (Phi) is 10.2. The van der Waals surface area contributed by atoms with Crippen molar-refractivity contribution in [1.29, 1.82) is 0 Å². The lowest BCUT2D eigenvalue weighted by molar-refractivity contribution is 0.0602. The minimum absolute atomic E-state index is 0. The summed E-state index contributed by atoms with van der Waals surface area (Å²) in [7, 11) is 0. The van der Waals surface area contributed by atoms with Crippen molar-refractivity contribution >= 4 is 30.7 Å². The number of halogens is 2. The predicted octanol–water partition coefficient (Wildman–Crippen LogP) is 3.73. The van der Waals surface area contributed by atoms with Crippen molar-refractivity contribution in [3.05, 3.63) is 53.9 Å². The molecule has 1 amide bonds. The topological polar surface area (TPSA) is 63.7 Å². The van der Waals surface area contributed by atoms with E-state index in [1.54, 1.807) is 18.5 Å². The number of rotatable bonds is 6. The number of ether oxygens (including phenoxy) is 2. The van der Waals surface area contributed by atoms with E-state index in [9.17, 15) is 4.79 Å². The normalized spacial score (nSPS) is 18.2. The number of nitrogens with one attached hydrogen (secondary N) is 1. The maximum absolute atomic E-state index is 13.0. The Bertz CT molecular complexity index is 777. The van der Waals surface area contributed by atoms with Crippen molar-refractivity contribution in [2.75, 3.05) is 19.7 Å². The lowest BCUT2D eigenvalue weighted by Crippen LogP contribution is -2.57. The van der Waals surface area contributed by atoms with Gasteiger partial charge in [0.25, 0.3) is 5.91 Å². The molecule has 2 aromatic rings. The molecule has 1 fully saturated rings. The highest BCUT2D eigenvalue weighted by Crippen LogP contribution is 2.30. The van der Waals surface area contributed by atoms with Crippen molar-refractivity contribution in [2.45, 2.75) is 39.5 Å². The van der Waals surface area contributed by atoms with Crippen molar-refractivity contribution in [2.24, 2.45) is 0 Å². The highest BCUT2D eigenvalue weighted by Gasteiger charge is 2.29. The Morgan fingerprint density at radius 2 is 2.00 bits per heavy atom. The number of hydrogen-bond donors (Lipinski definition) is 1. The smallest absolute Gasteiger partial charge is 0.254 e. The van der Waals surface area contributed by atoms with E-state index in [1.807, 2.05) is 36.1 Å². The van der Waals surface area contributed by atoms with Crippen LogP contribution in [-0.2, 0) is 6.61 Å². The molecule has 8 heteroatoms. The summed E-state index contributed by atoms with van der Waals surface area (Å²) < 4.78 is 11.6. The number of aromatic nitrogens is 1. The van der Waals surface area contributed by atoms with Crippen molar-refractivity contribution in [3.8, 4) is 11.5 Å². The van der Waals surface area contributed by atoms with Gasteiger partial charge in [-0.05, 0) is 45.0 Å². The summed E-state index contributed by atoms with van der Waals surface area (Å²) >= 11 is 0. The van der Waals surface area contributed by atoms with E-state index in [0.29, 0.717) is 36.8 Å². The first-order chi connectivity index (χ1) is 13.1. The fourth-order valence-corrected chi connectivity index (χ4v) is 3.18. The average molecular weight is 442 g/mol. The molecule has 1 aliphatic heterocycles. The molecule has 0 saturated carbocycles. The summed E-state index contributed by atoms with van der Waals surface area (Å²) in [6.45, 7) is 8.50. The lowest BCUT2D eigenvalue weighted by atomic mass is 10.0. The second kappa shape index (κ2) is 11.9. The molecule has 160 valence electrons. The lowest BCUT2D eigenvalue weighted by Gasteiger charge is -2.38. The third-order valence-corrected chi connectivity index (χ3v) is 4.90. The van der Waals surface area contributed by atoms with E-state index in [4.69, 9.17) is 9.47 Å². The quantitative estimate of drug-likeness (QED) is 0.739. The molecule has 1 aromatic carbocycles. The van der Waals surface area contributed by atoms with Gasteiger partial charge in [-0.3, -0.25) is 9.78 Å². The number of pyridine rings is 1. The van der Waals surface area contributed by atoms with Crippen LogP contribution in [0.2, 0.25) is 0 Å². The Labute approximate surface area is 184 Å². The van der Waals surface area contributed by atoms with Crippen LogP contribution in [0.3, 0.4) is 0 Å². The minimum atomic E-state index is 0. The van der Waals surface area contributed by atoms with Gasteiger partial charge in [0.1, 0.15) is 6.61 Å². The van der Waals surface area contributed by atoms with Gasteiger partial charge >= 0.3 is 0 Å². The second-order valence-corrected chi connectivity index (χ2v) is 6.73. The van der Waals surface area contributed by atoms with Crippen LogP contribution in [0, 0.1) is 0 Å². The van der Waals surface area contributed by atoms with Crippen LogP contribution in [0.5, 0.6) is 11.5 Å². The fraction of sp³-hybridized carbons (Fsp3) is 0.429. The van der Waals surface area contributed by atoms with Gasteiger partial charge in [0.2, 0.25) is 0 Å². The highest BCUT2D eigenvalue weighted by atomic mass is 35.5. The molecule has 2 unspecified atom stereocenters. The summed E-state index contributed by atoms with van der Waals surface area (Å²) in [6.07, 6.45) is 3.50. The van der Waals surface area contributed by atoms with Crippen LogP contribution in [0.25, 0.3) is 0 Å². The van der Waals surface area contributed by atoms with E-state index in [-0.39, 0.29) is 42.8 Å². The van der Waals surface area contributed by atoms with E-state index in [0.717, 1.165) is 12.1 Å². The molecular weight excluding hydrogens is 413 g/mol. The van der Waals surface area contributed by atoms with Gasteiger partial charge in [-0.2, -0.15) is 0 Å². The van der Waals surface area contributed by atoms with Gasteiger partial charge in [-0.25, -0.2) is 0 Å². The van der Waals surface area contributed by atoms with E-state index < -0.39 is 0 Å². The molecular formula is C21H29Cl2N3O3. The molecule has 1 N–H and O–H groups in total. The zero-order chi connectivity index (χ0) is 19.2. The van der Waals surface area contributed by atoms with Gasteiger partial charge in [0, 0.05) is 48.7 Å². The van der Waals surface area contributed by atoms with Gasteiger partial charge < -0.3 is 19.7 Å². The van der Waals surface area contributed by atoms with Crippen LogP contribution in [0.4, 0.5) is 0 Å². The van der Waals surface area contributed by atoms with Crippen LogP contribution >= 0.6 is 24.8 Å². The molecule has 0 aliphatic carbocycles. The molecule has 0 bridgehead atoms. The van der Waals surface area contributed by atoms with Crippen molar-refractivity contribution in [1.82, 2.24) is 15.2 Å². The number of carbonyl (C=O) groups excluding carboxylic acids is 1. The molecule has 6 nitrogen and oxygen atoms in total. The molecule has 1 saturated heterocycles. The summed E-state index contributed by atoms with van der Waals surface area (Å²) in [5.41, 5.74) is 1.59.